The van der Waals surface area contributed by atoms with Crippen LogP contribution in [0.1, 0.15) is 13.3 Å². The van der Waals surface area contributed by atoms with E-state index in [4.69, 9.17) is 14.9 Å². The van der Waals surface area contributed by atoms with Gasteiger partial charge < -0.3 is 14.9 Å². The fourth-order valence-electron chi connectivity index (χ4n) is 0.473. The molecule has 0 aliphatic carbocycles. The Morgan fingerprint density at radius 3 is 2.91 bits per heavy atom. The lowest BCUT2D eigenvalue weighted by Crippen LogP contribution is -2.34. The number of aliphatic hydroxyl groups is 2. The average Bonchev–Trinajstić information content (AvgIpc) is 2.39. The van der Waals surface area contributed by atoms with E-state index < -0.39 is 5.97 Å². The zero-order valence-corrected chi connectivity index (χ0v) is 6.84. The van der Waals surface area contributed by atoms with E-state index in [2.05, 4.69) is 4.98 Å². The first-order chi connectivity index (χ1) is 5.14. The van der Waals surface area contributed by atoms with Crippen LogP contribution in [0.5, 0.6) is 5.19 Å². The molecule has 0 saturated carbocycles. The van der Waals surface area contributed by atoms with Gasteiger partial charge in [0.25, 0.3) is 5.19 Å². The van der Waals surface area contributed by atoms with E-state index in [1.807, 2.05) is 0 Å². The standard InChI is InChI=1S/C6H9NO3S/c1-2-6(8,9)10-5-7-3-4-11-5/h3-4,8-9H,2H2,1H3. The summed E-state index contributed by atoms with van der Waals surface area (Å²) in [6.07, 6.45) is 1.64. The SMILES string of the molecule is CCC(O)(O)Oc1nccs1. The molecular weight excluding hydrogens is 166 g/mol. The van der Waals surface area contributed by atoms with Crippen molar-refractivity contribution in [3.05, 3.63) is 11.6 Å². The van der Waals surface area contributed by atoms with Crippen molar-refractivity contribution < 1.29 is 14.9 Å². The van der Waals surface area contributed by atoms with E-state index in [1.54, 1.807) is 12.3 Å². The Labute approximate surface area is 68.1 Å². The number of hydrogen-bond donors (Lipinski definition) is 2. The molecular formula is C6H9NO3S. The minimum atomic E-state index is -2.09. The van der Waals surface area contributed by atoms with Crippen molar-refractivity contribution >= 4 is 11.3 Å². The Morgan fingerprint density at radius 2 is 2.45 bits per heavy atom. The highest BCUT2D eigenvalue weighted by molar-refractivity contribution is 7.11. The van der Waals surface area contributed by atoms with Crippen LogP contribution < -0.4 is 4.74 Å². The van der Waals surface area contributed by atoms with Crippen molar-refractivity contribution in [3.63, 3.8) is 0 Å². The summed E-state index contributed by atoms with van der Waals surface area (Å²) in [5.74, 6) is -2.09. The van der Waals surface area contributed by atoms with Crippen molar-refractivity contribution in [3.8, 4) is 5.19 Å². The van der Waals surface area contributed by atoms with Gasteiger partial charge in [0.2, 0.25) is 0 Å². The fraction of sp³-hybridized carbons (Fsp3) is 0.500. The maximum Gasteiger partial charge on any atom is 0.323 e. The van der Waals surface area contributed by atoms with Crippen LogP contribution in [-0.4, -0.2) is 21.2 Å². The number of thiazole rings is 1. The average molecular weight is 175 g/mol. The van der Waals surface area contributed by atoms with Gasteiger partial charge in [-0.25, -0.2) is 4.98 Å². The molecule has 1 aromatic heterocycles. The summed E-state index contributed by atoms with van der Waals surface area (Å²) in [5, 5.41) is 19.9. The van der Waals surface area contributed by atoms with Crippen LogP contribution in [0.4, 0.5) is 0 Å². The first-order valence-corrected chi connectivity index (χ1v) is 4.05. The number of rotatable bonds is 3. The Balaban J connectivity index is 2.56. The van der Waals surface area contributed by atoms with Gasteiger partial charge in [0.05, 0.1) is 0 Å². The fourth-order valence-corrected chi connectivity index (χ4v) is 1.01. The van der Waals surface area contributed by atoms with Gasteiger partial charge in [0.1, 0.15) is 0 Å². The molecule has 0 saturated heterocycles. The normalized spacial score (nSPS) is 11.5. The maximum absolute atomic E-state index is 9.00. The van der Waals surface area contributed by atoms with Crippen molar-refractivity contribution in [2.24, 2.45) is 0 Å². The Hall–Kier alpha value is -0.650. The van der Waals surface area contributed by atoms with E-state index in [0.717, 1.165) is 0 Å². The summed E-state index contributed by atoms with van der Waals surface area (Å²) in [5.41, 5.74) is 0. The van der Waals surface area contributed by atoms with Gasteiger partial charge in [-0.05, 0) is 0 Å². The zero-order chi connectivity index (χ0) is 8.32. The summed E-state index contributed by atoms with van der Waals surface area (Å²) >= 11 is 1.21. The van der Waals surface area contributed by atoms with Crippen molar-refractivity contribution in [1.29, 1.82) is 0 Å². The predicted molar refractivity (Wildman–Crippen MR) is 40.2 cm³/mol. The molecule has 0 amide bonds. The summed E-state index contributed by atoms with van der Waals surface area (Å²) in [7, 11) is 0. The summed E-state index contributed by atoms with van der Waals surface area (Å²) in [6, 6.07) is 0. The van der Waals surface area contributed by atoms with Gasteiger partial charge in [0, 0.05) is 18.0 Å². The number of hydrogen-bond acceptors (Lipinski definition) is 5. The number of aromatic nitrogens is 1. The van der Waals surface area contributed by atoms with E-state index >= 15 is 0 Å². The molecule has 0 atom stereocenters. The molecule has 0 aliphatic heterocycles. The lowest BCUT2D eigenvalue weighted by Gasteiger charge is -2.18. The molecule has 1 rings (SSSR count). The third kappa shape index (κ3) is 2.45. The highest BCUT2D eigenvalue weighted by Crippen LogP contribution is 2.19. The molecule has 62 valence electrons. The van der Waals surface area contributed by atoms with Gasteiger partial charge in [-0.1, -0.05) is 18.3 Å². The second-order valence-corrected chi connectivity index (χ2v) is 2.85. The quantitative estimate of drug-likeness (QED) is 0.659. The highest BCUT2D eigenvalue weighted by atomic mass is 32.1. The Bertz CT molecular complexity index is 210. The van der Waals surface area contributed by atoms with Crippen LogP contribution >= 0.6 is 11.3 Å². The van der Waals surface area contributed by atoms with Crippen LogP contribution in [0.25, 0.3) is 0 Å². The lowest BCUT2D eigenvalue weighted by molar-refractivity contribution is -0.292. The summed E-state index contributed by atoms with van der Waals surface area (Å²) in [4.78, 5) is 3.73. The third-order valence-electron chi connectivity index (χ3n) is 1.12. The van der Waals surface area contributed by atoms with Gasteiger partial charge in [0.15, 0.2) is 0 Å². The largest absolute Gasteiger partial charge is 0.413 e. The van der Waals surface area contributed by atoms with Crippen molar-refractivity contribution in [2.75, 3.05) is 0 Å². The second kappa shape index (κ2) is 3.17. The Kier molecular flexibility index (Phi) is 2.43. The lowest BCUT2D eigenvalue weighted by atomic mass is 10.4. The van der Waals surface area contributed by atoms with Crippen LogP contribution in [0.2, 0.25) is 0 Å². The second-order valence-electron chi connectivity index (χ2n) is 2.00. The third-order valence-corrected chi connectivity index (χ3v) is 1.77. The molecule has 11 heavy (non-hydrogen) atoms. The molecule has 0 aliphatic rings. The molecule has 0 radical (unpaired) electrons. The highest BCUT2D eigenvalue weighted by Gasteiger charge is 2.23. The summed E-state index contributed by atoms with van der Waals surface area (Å²) < 4.78 is 4.71. The predicted octanol–water partition coefficient (Wildman–Crippen LogP) is 0.570. The van der Waals surface area contributed by atoms with Crippen molar-refractivity contribution in [1.82, 2.24) is 4.98 Å². The van der Waals surface area contributed by atoms with Crippen molar-refractivity contribution in [2.45, 2.75) is 19.3 Å². The van der Waals surface area contributed by atoms with Crippen LogP contribution in [0, 0.1) is 0 Å². The van der Waals surface area contributed by atoms with E-state index in [1.165, 1.54) is 17.5 Å². The topological polar surface area (TPSA) is 62.6 Å². The molecule has 0 unspecified atom stereocenters. The monoisotopic (exact) mass is 175 g/mol. The molecule has 0 fully saturated rings. The molecule has 1 heterocycles. The number of nitrogens with zero attached hydrogens (tertiary/aromatic N) is 1. The zero-order valence-electron chi connectivity index (χ0n) is 6.02. The molecule has 1 aromatic rings. The van der Waals surface area contributed by atoms with Crippen LogP contribution in [0.15, 0.2) is 11.6 Å². The van der Waals surface area contributed by atoms with Gasteiger partial charge >= 0.3 is 5.97 Å². The van der Waals surface area contributed by atoms with E-state index in [0.29, 0.717) is 0 Å². The first kappa shape index (κ1) is 8.45. The van der Waals surface area contributed by atoms with Crippen LogP contribution in [-0.2, 0) is 0 Å². The van der Waals surface area contributed by atoms with Crippen LogP contribution in [0.3, 0.4) is 0 Å². The molecule has 0 spiro atoms. The molecule has 5 heteroatoms. The maximum atomic E-state index is 9.00. The van der Waals surface area contributed by atoms with Gasteiger partial charge in [-0.2, -0.15) is 0 Å². The van der Waals surface area contributed by atoms with E-state index in [9.17, 15) is 0 Å². The number of ether oxygens (including phenoxy) is 1. The van der Waals surface area contributed by atoms with Gasteiger partial charge in [-0.3, -0.25) is 0 Å². The van der Waals surface area contributed by atoms with Gasteiger partial charge in [-0.15, -0.1) is 0 Å². The molecule has 4 nitrogen and oxygen atoms in total. The minimum absolute atomic E-state index is 0.104. The Morgan fingerprint density at radius 1 is 1.73 bits per heavy atom. The minimum Gasteiger partial charge on any atom is -0.413 e. The molecule has 0 bridgehead atoms. The smallest absolute Gasteiger partial charge is 0.323 e. The summed E-state index contributed by atoms with van der Waals surface area (Å²) in [6.45, 7) is 1.60. The molecule has 2 N–H and O–H groups in total. The van der Waals surface area contributed by atoms with E-state index in [-0.39, 0.29) is 11.6 Å². The molecule has 0 aromatic carbocycles. The first-order valence-electron chi connectivity index (χ1n) is 3.17.